The second-order valence-corrected chi connectivity index (χ2v) is 16.6. The van der Waals surface area contributed by atoms with E-state index in [1.54, 1.807) is 36.7 Å². The normalized spacial score (nSPS) is 13.6. The van der Waals surface area contributed by atoms with Gasteiger partial charge in [-0.3, -0.25) is 23.9 Å². The summed E-state index contributed by atoms with van der Waals surface area (Å²) in [5.41, 5.74) is 18.3. The lowest BCUT2D eigenvalue weighted by Crippen LogP contribution is -2.37. The Bertz CT molecular complexity index is 3170. The van der Waals surface area contributed by atoms with Crippen molar-refractivity contribution in [1.29, 1.82) is 0 Å². The number of carbonyl (C=O) groups is 2. The molecule has 6 aromatic heterocycles. The maximum absolute atomic E-state index is 12.8. The van der Waals surface area contributed by atoms with Crippen LogP contribution < -0.4 is 20.9 Å². The lowest BCUT2D eigenvalue weighted by Gasteiger charge is -2.26. The van der Waals surface area contributed by atoms with Gasteiger partial charge >= 0.3 is 0 Å². The fourth-order valence-electron chi connectivity index (χ4n) is 8.87. The third kappa shape index (κ3) is 8.92. The highest BCUT2D eigenvalue weighted by atomic mass is 16.5. The van der Waals surface area contributed by atoms with E-state index in [1.807, 2.05) is 65.9 Å². The van der Waals surface area contributed by atoms with E-state index in [-0.39, 0.29) is 18.8 Å². The van der Waals surface area contributed by atoms with Crippen LogP contribution in [0.1, 0.15) is 58.8 Å². The number of aliphatic hydroxyl groups excluding tert-OH is 1. The van der Waals surface area contributed by atoms with Gasteiger partial charge in [0.2, 0.25) is 11.8 Å². The van der Waals surface area contributed by atoms with Gasteiger partial charge in [0.15, 0.2) is 11.6 Å². The van der Waals surface area contributed by atoms with Gasteiger partial charge in [-0.25, -0.2) is 19.9 Å². The molecule has 1 aliphatic heterocycles. The molecular weight excluding hydrogens is 855 g/mol. The standard InChI is InChI=1S/C48H55N13O6/c1-5-60-37(21-29(3)55-60)45-51-27-35-33-23-31(43(49)63)25-39(66-17-9-11-57-14-19-65-20-15-57)41(33)58(47(35)53-45)12-7-8-13-59-42-34(24-32(44(50)64)26-40(42)67-18-10-16-62)36-28-52-46(54-48(36)59)38-22-30(4)56-61(38)6-2/h7-8,21-28,62H,5-6,9-20H2,1-4H3,(H2,49,63)(H2,50,64)/b8-7+. The van der Waals surface area contributed by atoms with E-state index in [2.05, 4.69) is 19.7 Å². The second kappa shape index (κ2) is 19.3. The van der Waals surface area contributed by atoms with Crippen molar-refractivity contribution in [2.24, 2.45) is 11.5 Å². The molecule has 0 unspecified atom stereocenters. The number of morpholine rings is 1. The molecule has 67 heavy (non-hydrogen) atoms. The molecule has 348 valence electrons. The number of rotatable bonds is 19. The lowest BCUT2D eigenvalue weighted by atomic mass is 10.1. The molecule has 19 nitrogen and oxygen atoms in total. The minimum Gasteiger partial charge on any atom is -0.491 e. The number of carbonyl (C=O) groups excluding carboxylic acids is 2. The molecule has 0 radical (unpaired) electrons. The number of benzene rings is 2. The average molecular weight is 910 g/mol. The quantitative estimate of drug-likeness (QED) is 0.0702. The number of allylic oxidation sites excluding steroid dienone is 2. The Morgan fingerprint density at radius 3 is 1.63 bits per heavy atom. The molecule has 0 saturated carbocycles. The molecule has 1 aliphatic rings. The Hall–Kier alpha value is -7.22. The molecule has 2 aromatic carbocycles. The SMILES string of the molecule is CCn1nc(C)cc1-c1ncc2c3cc(C(N)=O)cc(OCCCO)c3n(C/C=C/Cn3c4nc(-c5cc(C)nn5CC)ncc4c4cc(C(N)=O)cc(OCCCN5CCOCC5)c43)c2n1. The molecule has 0 spiro atoms. The molecule has 1 saturated heterocycles. The minimum atomic E-state index is -0.606. The molecule has 0 atom stereocenters. The Balaban J connectivity index is 1.16. The number of primary amides is 2. The van der Waals surface area contributed by atoms with Crippen LogP contribution in [0.5, 0.6) is 11.5 Å². The highest BCUT2D eigenvalue weighted by Gasteiger charge is 2.24. The molecular formula is C48H55N13O6. The smallest absolute Gasteiger partial charge is 0.248 e. The van der Waals surface area contributed by atoms with Gasteiger partial charge in [0, 0.05) is 104 Å². The van der Waals surface area contributed by atoms with Crippen LogP contribution in [0.4, 0.5) is 0 Å². The first-order valence-electron chi connectivity index (χ1n) is 22.7. The second-order valence-electron chi connectivity index (χ2n) is 16.6. The van der Waals surface area contributed by atoms with Crippen LogP contribution >= 0.6 is 0 Å². The minimum absolute atomic E-state index is 0.0637. The number of ether oxygens (including phenoxy) is 3. The molecule has 5 N–H and O–H groups in total. The maximum Gasteiger partial charge on any atom is 0.248 e. The number of hydrogen-bond donors (Lipinski definition) is 3. The Labute approximate surface area is 385 Å². The zero-order valence-electron chi connectivity index (χ0n) is 38.2. The van der Waals surface area contributed by atoms with E-state index in [0.29, 0.717) is 109 Å². The zero-order valence-corrected chi connectivity index (χ0v) is 38.2. The molecule has 8 aromatic rings. The average Bonchev–Trinajstić information content (AvgIpc) is 4.09. The number of aromatic nitrogens is 10. The molecule has 19 heteroatoms. The van der Waals surface area contributed by atoms with Gasteiger partial charge in [-0.15, -0.1) is 0 Å². The third-order valence-electron chi connectivity index (χ3n) is 12.0. The van der Waals surface area contributed by atoms with Crippen LogP contribution in [0.25, 0.3) is 66.9 Å². The Morgan fingerprint density at radius 1 is 0.701 bits per heavy atom. The zero-order chi connectivity index (χ0) is 46.8. The summed E-state index contributed by atoms with van der Waals surface area (Å²) in [4.78, 5) is 47.7. The number of aryl methyl sites for hydroxylation is 4. The van der Waals surface area contributed by atoms with Crippen molar-refractivity contribution in [3.63, 3.8) is 0 Å². The van der Waals surface area contributed by atoms with Crippen molar-refractivity contribution in [3.8, 4) is 34.5 Å². The summed E-state index contributed by atoms with van der Waals surface area (Å²) in [6.45, 7) is 14.4. The highest BCUT2D eigenvalue weighted by molar-refractivity contribution is 6.13. The van der Waals surface area contributed by atoms with E-state index in [0.717, 1.165) is 65.1 Å². The summed E-state index contributed by atoms with van der Waals surface area (Å²) in [5, 5.41) is 21.8. The third-order valence-corrected chi connectivity index (χ3v) is 12.0. The van der Waals surface area contributed by atoms with Crippen LogP contribution in [0, 0.1) is 13.8 Å². The molecule has 2 amide bonds. The number of hydrogen-bond acceptors (Lipinski definition) is 13. The predicted octanol–water partition coefficient (Wildman–Crippen LogP) is 5.18. The summed E-state index contributed by atoms with van der Waals surface area (Å²) in [5.74, 6) is 0.764. The molecule has 0 aliphatic carbocycles. The Kier molecular flexibility index (Phi) is 13.0. The first-order valence-corrected chi connectivity index (χ1v) is 22.7. The topological polar surface area (TPSA) is 234 Å². The van der Waals surface area contributed by atoms with Gasteiger partial charge in [0.05, 0.1) is 48.8 Å². The van der Waals surface area contributed by atoms with Gasteiger partial charge in [-0.05, 0) is 70.5 Å². The lowest BCUT2D eigenvalue weighted by molar-refractivity contribution is 0.0358. The van der Waals surface area contributed by atoms with Crippen molar-refractivity contribution in [3.05, 3.63) is 83.5 Å². The van der Waals surface area contributed by atoms with Crippen LogP contribution in [-0.2, 0) is 30.9 Å². The molecule has 7 heterocycles. The van der Waals surface area contributed by atoms with E-state index < -0.39 is 11.8 Å². The first-order chi connectivity index (χ1) is 32.6. The van der Waals surface area contributed by atoms with E-state index in [4.69, 9.17) is 45.6 Å². The van der Waals surface area contributed by atoms with Gasteiger partial charge in [-0.2, -0.15) is 10.2 Å². The fraction of sp³-hybridized carbons (Fsp3) is 0.375. The van der Waals surface area contributed by atoms with Gasteiger partial charge < -0.3 is 39.9 Å². The summed E-state index contributed by atoms with van der Waals surface area (Å²) >= 11 is 0. The first kappa shape index (κ1) is 45.0. The number of fused-ring (bicyclic) bond motifs is 6. The number of nitrogens with two attached hydrogens (primary N) is 2. The van der Waals surface area contributed by atoms with Gasteiger partial charge in [0.25, 0.3) is 0 Å². The van der Waals surface area contributed by atoms with Gasteiger partial charge in [0.1, 0.15) is 34.2 Å². The highest BCUT2D eigenvalue weighted by Crippen LogP contribution is 2.38. The van der Waals surface area contributed by atoms with Crippen LogP contribution in [0.3, 0.4) is 0 Å². The van der Waals surface area contributed by atoms with E-state index in [9.17, 15) is 14.7 Å². The Morgan fingerprint density at radius 2 is 1.18 bits per heavy atom. The fourth-order valence-corrected chi connectivity index (χ4v) is 8.87. The van der Waals surface area contributed by atoms with E-state index in [1.165, 1.54) is 0 Å². The number of nitrogens with zero attached hydrogens (tertiary/aromatic N) is 11. The molecule has 1 fully saturated rings. The van der Waals surface area contributed by atoms with Crippen LogP contribution in [0.2, 0.25) is 0 Å². The van der Waals surface area contributed by atoms with Crippen molar-refractivity contribution < 1.29 is 28.9 Å². The largest absolute Gasteiger partial charge is 0.491 e. The van der Waals surface area contributed by atoms with Crippen molar-refractivity contribution in [2.45, 2.75) is 66.7 Å². The monoisotopic (exact) mass is 909 g/mol. The maximum atomic E-state index is 12.8. The van der Waals surface area contributed by atoms with Gasteiger partial charge in [-0.1, -0.05) is 12.2 Å². The van der Waals surface area contributed by atoms with E-state index >= 15 is 0 Å². The summed E-state index contributed by atoms with van der Waals surface area (Å²) in [7, 11) is 0. The van der Waals surface area contributed by atoms with Crippen molar-refractivity contribution in [1.82, 2.24) is 53.5 Å². The number of aliphatic hydroxyl groups is 1. The summed E-state index contributed by atoms with van der Waals surface area (Å²) in [6.07, 6.45) is 8.79. The van der Waals surface area contributed by atoms with Crippen LogP contribution in [0.15, 0.2) is 60.9 Å². The molecule has 0 bridgehead atoms. The summed E-state index contributed by atoms with van der Waals surface area (Å²) in [6, 6.07) is 10.8. The van der Waals surface area contributed by atoms with Crippen molar-refractivity contribution in [2.75, 3.05) is 52.7 Å². The molecule has 9 rings (SSSR count). The predicted molar refractivity (Wildman–Crippen MR) is 254 cm³/mol. The number of amides is 2. The van der Waals surface area contributed by atoms with Crippen LogP contribution in [-0.4, -0.2) is 123 Å². The van der Waals surface area contributed by atoms with Crippen molar-refractivity contribution >= 4 is 55.7 Å². The summed E-state index contributed by atoms with van der Waals surface area (Å²) < 4.78 is 26.2.